The molecule has 1 aliphatic carbocycles. The minimum Gasteiger partial charge on any atom is -0.455 e. The third kappa shape index (κ3) is 5.65. The van der Waals surface area contributed by atoms with Crippen LogP contribution in [0.1, 0.15) is 40.2 Å². The monoisotopic (exact) mass is 607 g/mol. The number of nitrogens with one attached hydrogen (secondary N) is 2. The lowest BCUT2D eigenvalue weighted by Gasteiger charge is -2.13. The number of rotatable bonds is 9. The van der Waals surface area contributed by atoms with Crippen molar-refractivity contribution in [1.29, 1.82) is 0 Å². The first-order valence-electron chi connectivity index (χ1n) is 12.4. The zero-order valence-corrected chi connectivity index (χ0v) is 22.4. The van der Waals surface area contributed by atoms with E-state index in [1.807, 2.05) is 0 Å². The van der Waals surface area contributed by atoms with E-state index in [4.69, 9.17) is 8.60 Å². The van der Waals surface area contributed by atoms with Gasteiger partial charge in [-0.3, -0.25) is 14.9 Å². The summed E-state index contributed by atoms with van der Waals surface area (Å²) < 4.78 is 89.8. The fourth-order valence-corrected chi connectivity index (χ4v) is 5.36. The van der Waals surface area contributed by atoms with Gasteiger partial charge in [0.05, 0.1) is 15.4 Å². The Morgan fingerprint density at radius 2 is 1.81 bits per heavy atom. The molecule has 4 aromatic rings. The lowest BCUT2D eigenvalue weighted by atomic mass is 10.0. The average Bonchev–Trinajstić information content (AvgIpc) is 3.72. The first-order chi connectivity index (χ1) is 19.8. The molecule has 15 heteroatoms. The number of nitrogens with zero attached hydrogens (tertiary/aromatic N) is 1. The molecule has 2 N–H and O–H groups in total. The number of alkyl halides is 3. The fourth-order valence-electron chi connectivity index (χ4n) is 4.51. The zero-order valence-electron chi connectivity index (χ0n) is 21.6. The Kier molecular flexibility index (Phi) is 7.41. The number of hydrogen-bond donors (Lipinski definition) is 2. The van der Waals surface area contributed by atoms with Crippen LogP contribution in [0.3, 0.4) is 0 Å². The van der Waals surface area contributed by atoms with Gasteiger partial charge in [0.1, 0.15) is 29.5 Å². The molecule has 0 bridgehead atoms. The number of fused-ring (bicyclic) bond motifs is 1. The summed E-state index contributed by atoms with van der Waals surface area (Å²) in [6, 6.07) is 9.90. The summed E-state index contributed by atoms with van der Waals surface area (Å²) >= 11 is 0. The van der Waals surface area contributed by atoms with Crippen LogP contribution in [0.15, 0.2) is 63.9 Å². The Labute approximate surface area is 235 Å². The molecule has 220 valence electrons. The second-order valence-corrected chi connectivity index (χ2v) is 11.0. The number of benzene rings is 3. The summed E-state index contributed by atoms with van der Waals surface area (Å²) in [6.45, 7) is -0.695. The van der Waals surface area contributed by atoms with E-state index in [1.165, 1.54) is 31.3 Å². The molecule has 0 spiro atoms. The maximum Gasteiger partial charge on any atom is 0.423 e. The van der Waals surface area contributed by atoms with Crippen molar-refractivity contribution in [3.63, 3.8) is 0 Å². The molecule has 1 fully saturated rings. The van der Waals surface area contributed by atoms with Gasteiger partial charge in [-0.2, -0.15) is 21.6 Å². The van der Waals surface area contributed by atoms with Crippen molar-refractivity contribution in [2.75, 3.05) is 19.1 Å². The van der Waals surface area contributed by atoms with Crippen LogP contribution in [0.4, 0.5) is 28.9 Å². The number of nitro benzene ring substituents is 1. The summed E-state index contributed by atoms with van der Waals surface area (Å²) in [6.07, 6.45) is -3.54. The van der Waals surface area contributed by atoms with E-state index >= 15 is 0 Å². The molecule has 1 saturated carbocycles. The molecule has 0 atom stereocenters. The van der Waals surface area contributed by atoms with Gasteiger partial charge < -0.3 is 15.1 Å². The molecule has 0 unspecified atom stereocenters. The fraction of sp³-hybridized carbons (Fsp3) is 0.222. The number of anilines is 1. The molecule has 10 nitrogen and oxygen atoms in total. The van der Waals surface area contributed by atoms with E-state index in [0.717, 1.165) is 18.4 Å². The van der Waals surface area contributed by atoms with Crippen molar-refractivity contribution < 1.29 is 44.3 Å². The van der Waals surface area contributed by atoms with Crippen molar-refractivity contribution >= 4 is 38.4 Å². The van der Waals surface area contributed by atoms with Crippen molar-refractivity contribution in [2.24, 2.45) is 0 Å². The molecular weight excluding hydrogens is 586 g/mol. The quantitative estimate of drug-likeness (QED) is 0.0756. The van der Waals surface area contributed by atoms with E-state index in [9.17, 15) is 40.9 Å². The molecule has 0 saturated heterocycles. The topological polar surface area (TPSA) is 141 Å². The highest BCUT2D eigenvalue weighted by Gasteiger charge is 2.39. The largest absolute Gasteiger partial charge is 0.455 e. The number of hydrogen-bond acceptors (Lipinski definition) is 8. The van der Waals surface area contributed by atoms with Crippen LogP contribution in [-0.4, -0.2) is 33.0 Å². The van der Waals surface area contributed by atoms with Crippen LogP contribution in [0, 0.1) is 15.9 Å². The minimum atomic E-state index is -5.18. The summed E-state index contributed by atoms with van der Waals surface area (Å²) in [5.74, 6) is -0.636. The summed E-state index contributed by atoms with van der Waals surface area (Å²) in [4.78, 5) is 21.6. The van der Waals surface area contributed by atoms with Crippen LogP contribution in [-0.2, 0) is 20.5 Å². The molecular formula is C27H21F4N3O7S. The first-order valence-corrected chi connectivity index (χ1v) is 13.8. The second kappa shape index (κ2) is 10.7. The molecule has 5 rings (SSSR count). The molecule has 0 radical (unpaired) electrons. The van der Waals surface area contributed by atoms with Gasteiger partial charge >= 0.3 is 6.18 Å². The molecule has 42 heavy (non-hydrogen) atoms. The van der Waals surface area contributed by atoms with E-state index in [1.54, 1.807) is 12.1 Å². The molecule has 1 heterocycles. The Morgan fingerprint density at radius 3 is 2.40 bits per heavy atom. The number of nitro groups is 1. The first kappa shape index (κ1) is 29.0. The normalized spacial score (nSPS) is 13.7. The SMILES string of the molecule is CNC(=O)c1c(-c2ccc(F)cc2)oc2cc(NCOS(=O)(=O)c3ccc([N+](=O)[O-])c(C(F)(F)F)c3)c(C3CC3)cc12. The predicted octanol–water partition coefficient (Wildman–Crippen LogP) is 6.18. The van der Waals surface area contributed by atoms with Crippen LogP contribution >= 0.6 is 0 Å². The number of furan rings is 1. The van der Waals surface area contributed by atoms with Crippen LogP contribution in [0.25, 0.3) is 22.3 Å². The number of carbonyl (C=O) groups excluding carboxylic acids is 1. The van der Waals surface area contributed by atoms with E-state index in [-0.39, 0.29) is 28.9 Å². The van der Waals surface area contributed by atoms with E-state index in [0.29, 0.717) is 28.8 Å². The molecule has 0 aliphatic heterocycles. The third-order valence-electron chi connectivity index (χ3n) is 6.67. The highest BCUT2D eigenvalue weighted by Crippen LogP contribution is 2.46. The van der Waals surface area contributed by atoms with Gasteiger partial charge in [-0.05, 0) is 66.8 Å². The summed E-state index contributed by atoms with van der Waals surface area (Å²) in [5.41, 5.74) is -0.954. The molecule has 1 aromatic heterocycles. The highest BCUT2D eigenvalue weighted by molar-refractivity contribution is 7.86. The minimum absolute atomic E-state index is 0.0826. The molecule has 1 aliphatic rings. The Morgan fingerprint density at radius 1 is 1.12 bits per heavy atom. The van der Waals surface area contributed by atoms with Gasteiger partial charge in [-0.1, -0.05) is 0 Å². The van der Waals surface area contributed by atoms with Crippen LogP contribution in [0.5, 0.6) is 0 Å². The summed E-state index contributed by atoms with van der Waals surface area (Å²) in [7, 11) is -3.31. The van der Waals surface area contributed by atoms with E-state index in [2.05, 4.69) is 10.6 Å². The Balaban J connectivity index is 1.46. The van der Waals surface area contributed by atoms with Crippen molar-refractivity contribution in [3.8, 4) is 11.3 Å². The predicted molar refractivity (Wildman–Crippen MR) is 142 cm³/mol. The van der Waals surface area contributed by atoms with Gasteiger partial charge in [0.15, 0.2) is 0 Å². The standard InChI is InChI=1S/C27H21F4N3O7S/c1-32-26(35)24-19-11-18(14-2-3-14)21(12-23(19)41-25(24)15-4-6-16(28)7-5-15)33-13-40-42(38,39)17-8-9-22(34(36)37)20(10-17)27(29,30)31/h4-12,14,33H,2-3,13H2,1H3,(H,32,35). The number of halogens is 4. The van der Waals surface area contributed by atoms with E-state index < -0.39 is 55.8 Å². The van der Waals surface area contributed by atoms with Crippen molar-refractivity contribution in [2.45, 2.75) is 29.8 Å². The molecule has 1 amide bonds. The second-order valence-electron chi connectivity index (χ2n) is 9.43. The maximum absolute atomic E-state index is 13.5. The van der Waals surface area contributed by atoms with Gasteiger partial charge in [-0.15, -0.1) is 0 Å². The van der Waals surface area contributed by atoms with Gasteiger partial charge in [0, 0.05) is 35.8 Å². The Bertz CT molecular complexity index is 1820. The van der Waals surface area contributed by atoms with Gasteiger partial charge in [0.2, 0.25) is 0 Å². The third-order valence-corrected chi connectivity index (χ3v) is 7.93. The highest BCUT2D eigenvalue weighted by atomic mass is 32.2. The van der Waals surface area contributed by atoms with Crippen LogP contribution in [0.2, 0.25) is 0 Å². The average molecular weight is 608 g/mol. The molecule has 3 aromatic carbocycles. The van der Waals surface area contributed by atoms with Gasteiger partial charge in [-0.25, -0.2) is 8.57 Å². The lowest BCUT2D eigenvalue weighted by Crippen LogP contribution is -2.18. The van der Waals surface area contributed by atoms with Gasteiger partial charge in [0.25, 0.3) is 21.7 Å². The zero-order chi connectivity index (χ0) is 30.4. The maximum atomic E-state index is 13.5. The Hall–Kier alpha value is -4.50. The number of amides is 1. The van der Waals surface area contributed by atoms with Crippen molar-refractivity contribution in [3.05, 3.63) is 87.2 Å². The smallest absolute Gasteiger partial charge is 0.423 e. The van der Waals surface area contributed by atoms with Crippen LogP contribution < -0.4 is 10.6 Å². The lowest BCUT2D eigenvalue weighted by molar-refractivity contribution is -0.388. The number of carbonyl (C=O) groups is 1. The summed E-state index contributed by atoms with van der Waals surface area (Å²) in [5, 5.41) is 16.8. The van der Waals surface area contributed by atoms with Crippen molar-refractivity contribution in [1.82, 2.24) is 5.32 Å².